The minimum atomic E-state index is -0.565. The van der Waals surface area contributed by atoms with Crippen LogP contribution in [0.15, 0.2) is 60.7 Å². The van der Waals surface area contributed by atoms with Crippen LogP contribution in [0.25, 0.3) is 11.1 Å². The lowest BCUT2D eigenvalue weighted by atomic mass is 10.0. The molecule has 4 rings (SSSR count). The zero-order chi connectivity index (χ0) is 24.8. The molecule has 35 heavy (non-hydrogen) atoms. The minimum absolute atomic E-state index is 0.111. The van der Waals surface area contributed by atoms with E-state index in [0.29, 0.717) is 35.2 Å². The molecule has 0 bridgehead atoms. The molecule has 0 aliphatic carbocycles. The van der Waals surface area contributed by atoms with E-state index in [1.807, 2.05) is 42.5 Å². The van der Waals surface area contributed by atoms with Gasteiger partial charge in [0.1, 0.15) is 5.75 Å². The number of morpholine rings is 1. The standard InChI is InChI=1S/C27H27ClN2O5/c1-33-21-5-3-4-18(14-21)15-26(31)29-25-17-24(28)22(16-23(25)27(32)34-2)19-6-8-20(9-7-19)30-10-12-35-13-11-30/h3-9,14,16-17H,10-13,15H2,1-2H3,(H,29,31). The fourth-order valence-corrected chi connectivity index (χ4v) is 4.29. The van der Waals surface area contributed by atoms with Gasteiger partial charge in [0, 0.05) is 24.3 Å². The summed E-state index contributed by atoms with van der Waals surface area (Å²) in [6.45, 7) is 3.11. The van der Waals surface area contributed by atoms with Crippen LogP contribution in [-0.4, -0.2) is 52.4 Å². The average Bonchev–Trinajstić information content (AvgIpc) is 2.89. The first-order chi connectivity index (χ1) is 17.0. The molecule has 0 spiro atoms. The number of carbonyl (C=O) groups excluding carboxylic acids is 2. The van der Waals surface area contributed by atoms with Gasteiger partial charge in [0.2, 0.25) is 5.91 Å². The van der Waals surface area contributed by atoms with Crippen LogP contribution in [0.3, 0.4) is 0 Å². The third-order valence-corrected chi connectivity index (χ3v) is 6.15. The van der Waals surface area contributed by atoms with Crippen molar-refractivity contribution in [3.63, 3.8) is 0 Å². The summed E-state index contributed by atoms with van der Waals surface area (Å²) >= 11 is 6.61. The number of hydrogen-bond donors (Lipinski definition) is 1. The second kappa shape index (κ2) is 11.3. The number of hydrogen-bond acceptors (Lipinski definition) is 6. The fourth-order valence-electron chi connectivity index (χ4n) is 4.01. The van der Waals surface area contributed by atoms with E-state index < -0.39 is 5.97 Å². The van der Waals surface area contributed by atoms with Gasteiger partial charge in [-0.2, -0.15) is 0 Å². The van der Waals surface area contributed by atoms with Gasteiger partial charge in [-0.25, -0.2) is 4.79 Å². The van der Waals surface area contributed by atoms with Crippen LogP contribution in [0.1, 0.15) is 15.9 Å². The van der Waals surface area contributed by atoms with Crippen molar-refractivity contribution in [1.82, 2.24) is 0 Å². The Labute approximate surface area is 209 Å². The van der Waals surface area contributed by atoms with Gasteiger partial charge in [-0.05, 0) is 47.5 Å². The summed E-state index contributed by atoms with van der Waals surface area (Å²) in [5, 5.41) is 3.21. The first-order valence-electron chi connectivity index (χ1n) is 11.3. The first-order valence-corrected chi connectivity index (χ1v) is 11.6. The van der Waals surface area contributed by atoms with E-state index in [4.69, 9.17) is 25.8 Å². The Bertz CT molecular complexity index is 1210. The summed E-state index contributed by atoms with van der Waals surface area (Å²) in [5.74, 6) is -0.191. The molecule has 1 aliphatic rings. The highest BCUT2D eigenvalue weighted by Gasteiger charge is 2.19. The molecule has 182 valence electrons. The third kappa shape index (κ3) is 5.93. The maximum Gasteiger partial charge on any atom is 0.339 e. The summed E-state index contributed by atoms with van der Waals surface area (Å²) in [7, 11) is 2.87. The predicted octanol–water partition coefficient (Wildman–Crippen LogP) is 4.82. The molecule has 3 aromatic carbocycles. The Morgan fingerprint density at radius 2 is 1.77 bits per heavy atom. The van der Waals surface area contributed by atoms with E-state index in [9.17, 15) is 9.59 Å². The van der Waals surface area contributed by atoms with Crippen molar-refractivity contribution in [1.29, 1.82) is 0 Å². The fraction of sp³-hybridized carbons (Fsp3) is 0.259. The molecule has 8 heteroatoms. The molecule has 0 aromatic heterocycles. The highest BCUT2D eigenvalue weighted by atomic mass is 35.5. The van der Waals surface area contributed by atoms with Gasteiger partial charge in [-0.3, -0.25) is 4.79 Å². The van der Waals surface area contributed by atoms with Crippen molar-refractivity contribution in [2.75, 3.05) is 50.7 Å². The van der Waals surface area contributed by atoms with Crippen molar-refractivity contribution in [2.45, 2.75) is 6.42 Å². The largest absolute Gasteiger partial charge is 0.497 e. The van der Waals surface area contributed by atoms with E-state index in [2.05, 4.69) is 10.2 Å². The lowest BCUT2D eigenvalue weighted by Gasteiger charge is -2.29. The topological polar surface area (TPSA) is 77.1 Å². The number of methoxy groups -OCH3 is 2. The summed E-state index contributed by atoms with van der Waals surface area (Å²) in [6.07, 6.45) is 0.111. The zero-order valence-corrected chi connectivity index (χ0v) is 20.4. The second-order valence-corrected chi connectivity index (χ2v) is 8.50. The molecule has 1 aliphatic heterocycles. The van der Waals surface area contributed by atoms with E-state index >= 15 is 0 Å². The van der Waals surface area contributed by atoms with Gasteiger partial charge in [-0.15, -0.1) is 0 Å². The number of benzene rings is 3. The summed E-state index contributed by atoms with van der Waals surface area (Å²) in [4.78, 5) is 27.6. The number of nitrogens with zero attached hydrogens (tertiary/aromatic N) is 1. The van der Waals surface area contributed by atoms with Gasteiger partial charge in [0.15, 0.2) is 0 Å². The van der Waals surface area contributed by atoms with Crippen LogP contribution in [0.2, 0.25) is 5.02 Å². The molecule has 3 aromatic rings. The van der Waals surface area contributed by atoms with Crippen molar-refractivity contribution < 1.29 is 23.8 Å². The SMILES string of the molecule is COC(=O)c1cc(-c2ccc(N3CCOCC3)cc2)c(Cl)cc1NC(=O)Cc1cccc(OC)c1. The van der Waals surface area contributed by atoms with E-state index in [1.165, 1.54) is 7.11 Å². The minimum Gasteiger partial charge on any atom is -0.497 e. The Kier molecular flexibility index (Phi) is 7.90. The summed E-state index contributed by atoms with van der Waals surface area (Å²) in [5.41, 5.74) is 3.93. The van der Waals surface area contributed by atoms with Crippen LogP contribution in [-0.2, 0) is 20.7 Å². The quantitative estimate of drug-likeness (QED) is 0.474. The molecule has 0 saturated carbocycles. The maximum atomic E-state index is 12.7. The number of amides is 1. The number of esters is 1. The van der Waals surface area contributed by atoms with E-state index in [-0.39, 0.29) is 17.9 Å². The lowest BCUT2D eigenvalue weighted by Crippen LogP contribution is -2.36. The van der Waals surface area contributed by atoms with Crippen molar-refractivity contribution in [2.24, 2.45) is 0 Å². The van der Waals surface area contributed by atoms with Crippen LogP contribution in [0.5, 0.6) is 5.75 Å². The molecule has 1 fully saturated rings. The Balaban J connectivity index is 1.58. The molecule has 1 heterocycles. The van der Waals surface area contributed by atoms with Crippen molar-refractivity contribution in [3.05, 3.63) is 76.8 Å². The molecule has 0 unspecified atom stereocenters. The normalized spacial score (nSPS) is 13.3. The Hall–Kier alpha value is -3.55. The first kappa shape index (κ1) is 24.6. The van der Waals surface area contributed by atoms with Crippen molar-refractivity contribution >= 4 is 34.9 Å². The van der Waals surface area contributed by atoms with Crippen LogP contribution < -0.4 is 15.0 Å². The van der Waals surface area contributed by atoms with E-state index in [1.54, 1.807) is 25.3 Å². The second-order valence-electron chi connectivity index (χ2n) is 8.09. The molecule has 1 saturated heterocycles. The Morgan fingerprint density at radius 1 is 1.03 bits per heavy atom. The third-order valence-electron chi connectivity index (χ3n) is 5.84. The van der Waals surface area contributed by atoms with Gasteiger partial charge >= 0.3 is 5.97 Å². The number of nitrogens with one attached hydrogen (secondary N) is 1. The average molecular weight is 495 g/mol. The van der Waals surface area contributed by atoms with Gasteiger partial charge in [-0.1, -0.05) is 35.9 Å². The van der Waals surface area contributed by atoms with Gasteiger partial charge < -0.3 is 24.4 Å². The van der Waals surface area contributed by atoms with Gasteiger partial charge in [0.05, 0.1) is 50.1 Å². The monoisotopic (exact) mass is 494 g/mol. The zero-order valence-electron chi connectivity index (χ0n) is 19.7. The number of ether oxygens (including phenoxy) is 3. The molecule has 0 atom stereocenters. The smallest absolute Gasteiger partial charge is 0.339 e. The number of anilines is 2. The molecular weight excluding hydrogens is 468 g/mol. The molecular formula is C27H27ClN2O5. The number of rotatable bonds is 7. The van der Waals surface area contributed by atoms with E-state index in [0.717, 1.165) is 29.9 Å². The molecule has 1 amide bonds. The van der Waals surface area contributed by atoms with Crippen LogP contribution >= 0.6 is 11.6 Å². The Morgan fingerprint density at radius 3 is 2.46 bits per heavy atom. The highest BCUT2D eigenvalue weighted by molar-refractivity contribution is 6.34. The van der Waals surface area contributed by atoms with Crippen LogP contribution in [0, 0.1) is 0 Å². The molecule has 7 nitrogen and oxygen atoms in total. The number of carbonyl (C=O) groups is 2. The molecule has 1 N–H and O–H groups in total. The summed E-state index contributed by atoms with van der Waals surface area (Å²) < 4.78 is 15.6. The lowest BCUT2D eigenvalue weighted by molar-refractivity contribution is -0.115. The summed E-state index contributed by atoms with van der Waals surface area (Å²) in [6, 6.07) is 18.5. The highest BCUT2D eigenvalue weighted by Crippen LogP contribution is 2.34. The maximum absolute atomic E-state index is 12.7. The van der Waals surface area contributed by atoms with Gasteiger partial charge in [0.25, 0.3) is 0 Å². The van der Waals surface area contributed by atoms with Crippen molar-refractivity contribution in [3.8, 4) is 16.9 Å². The molecule has 0 radical (unpaired) electrons. The number of halogens is 1. The van der Waals surface area contributed by atoms with Crippen LogP contribution in [0.4, 0.5) is 11.4 Å². The predicted molar refractivity (Wildman–Crippen MR) is 137 cm³/mol.